The lowest BCUT2D eigenvalue weighted by molar-refractivity contribution is 0.220. The average molecular weight is 278 g/mol. The maximum absolute atomic E-state index is 4.49. The third kappa shape index (κ3) is 4.30. The van der Waals surface area contributed by atoms with Crippen molar-refractivity contribution >= 4 is 0 Å². The van der Waals surface area contributed by atoms with E-state index < -0.39 is 0 Å². The molecule has 1 aromatic heterocycles. The van der Waals surface area contributed by atoms with E-state index in [0.717, 1.165) is 37.8 Å². The summed E-state index contributed by atoms with van der Waals surface area (Å²) < 4.78 is 2.10. The van der Waals surface area contributed by atoms with Gasteiger partial charge in [-0.1, -0.05) is 33.6 Å². The number of hydrogen-bond donors (Lipinski definition) is 1. The zero-order chi connectivity index (χ0) is 14.4. The lowest BCUT2D eigenvalue weighted by Crippen LogP contribution is -2.35. The molecule has 2 unspecified atom stereocenters. The maximum Gasteiger partial charge on any atom is 0.138 e. The van der Waals surface area contributed by atoms with Gasteiger partial charge < -0.3 is 5.32 Å². The van der Waals surface area contributed by atoms with Crippen LogP contribution >= 0.6 is 0 Å². The molecule has 1 saturated carbocycles. The molecule has 1 aromatic rings. The summed E-state index contributed by atoms with van der Waals surface area (Å²) in [5.41, 5.74) is 0. The first-order valence-corrected chi connectivity index (χ1v) is 8.30. The van der Waals surface area contributed by atoms with Crippen molar-refractivity contribution in [2.75, 3.05) is 6.54 Å². The van der Waals surface area contributed by atoms with Crippen molar-refractivity contribution in [3.8, 4) is 0 Å². The maximum atomic E-state index is 4.49. The lowest BCUT2D eigenvalue weighted by Gasteiger charge is -2.32. The first kappa shape index (κ1) is 15.5. The SMILES string of the molecule is CCCn1ncnc1CC1CCCCC1CNC(C)C. The monoisotopic (exact) mass is 278 g/mol. The van der Waals surface area contributed by atoms with Gasteiger partial charge >= 0.3 is 0 Å². The fourth-order valence-electron chi connectivity index (χ4n) is 3.29. The molecule has 114 valence electrons. The summed E-state index contributed by atoms with van der Waals surface area (Å²) in [6, 6.07) is 0.585. The van der Waals surface area contributed by atoms with Gasteiger partial charge in [0.1, 0.15) is 12.2 Å². The largest absolute Gasteiger partial charge is 0.314 e. The van der Waals surface area contributed by atoms with Gasteiger partial charge in [0.05, 0.1) is 0 Å². The van der Waals surface area contributed by atoms with Crippen LogP contribution in [0.3, 0.4) is 0 Å². The van der Waals surface area contributed by atoms with E-state index in [1.54, 1.807) is 6.33 Å². The van der Waals surface area contributed by atoms with Crippen LogP contribution in [0.15, 0.2) is 6.33 Å². The second kappa shape index (κ2) is 7.77. The van der Waals surface area contributed by atoms with E-state index in [-0.39, 0.29) is 0 Å². The van der Waals surface area contributed by atoms with Crippen LogP contribution in [0.4, 0.5) is 0 Å². The predicted octanol–water partition coefficient (Wildman–Crippen LogP) is 3.04. The summed E-state index contributed by atoms with van der Waals surface area (Å²) in [4.78, 5) is 4.49. The fraction of sp³-hybridized carbons (Fsp3) is 0.875. The summed E-state index contributed by atoms with van der Waals surface area (Å²) in [6.45, 7) is 8.81. The second-order valence-electron chi connectivity index (χ2n) is 6.47. The molecule has 0 radical (unpaired) electrons. The number of nitrogens with zero attached hydrogens (tertiary/aromatic N) is 3. The number of aryl methyl sites for hydroxylation is 1. The van der Waals surface area contributed by atoms with Crippen LogP contribution in [0, 0.1) is 11.8 Å². The number of rotatable bonds is 7. The molecule has 0 saturated heterocycles. The van der Waals surface area contributed by atoms with E-state index in [4.69, 9.17) is 0 Å². The van der Waals surface area contributed by atoms with E-state index in [1.807, 2.05) is 0 Å². The predicted molar refractivity (Wildman–Crippen MR) is 82.6 cm³/mol. The molecular weight excluding hydrogens is 248 g/mol. The van der Waals surface area contributed by atoms with Crippen molar-refractivity contribution in [3.05, 3.63) is 12.2 Å². The molecule has 2 atom stereocenters. The highest BCUT2D eigenvalue weighted by Gasteiger charge is 2.26. The Hall–Kier alpha value is -0.900. The molecule has 4 nitrogen and oxygen atoms in total. The molecule has 20 heavy (non-hydrogen) atoms. The van der Waals surface area contributed by atoms with Gasteiger partial charge in [0.25, 0.3) is 0 Å². The van der Waals surface area contributed by atoms with E-state index in [0.29, 0.717) is 6.04 Å². The molecule has 1 N–H and O–H groups in total. The van der Waals surface area contributed by atoms with Gasteiger partial charge in [-0.15, -0.1) is 0 Å². The van der Waals surface area contributed by atoms with E-state index in [2.05, 4.69) is 40.9 Å². The molecule has 0 spiro atoms. The molecular formula is C16H30N4. The first-order valence-electron chi connectivity index (χ1n) is 8.30. The molecule has 0 bridgehead atoms. The van der Waals surface area contributed by atoms with Crippen LogP contribution in [0.5, 0.6) is 0 Å². The topological polar surface area (TPSA) is 42.7 Å². The first-order chi connectivity index (χ1) is 9.70. The molecule has 1 heterocycles. The third-order valence-corrected chi connectivity index (χ3v) is 4.43. The second-order valence-corrected chi connectivity index (χ2v) is 6.47. The van der Waals surface area contributed by atoms with Crippen LogP contribution in [0.2, 0.25) is 0 Å². The average Bonchev–Trinajstić information content (AvgIpc) is 2.85. The highest BCUT2D eigenvalue weighted by Crippen LogP contribution is 2.32. The minimum Gasteiger partial charge on any atom is -0.314 e. The van der Waals surface area contributed by atoms with Crippen molar-refractivity contribution < 1.29 is 0 Å². The summed E-state index contributed by atoms with van der Waals surface area (Å²) >= 11 is 0. The quantitative estimate of drug-likeness (QED) is 0.833. The van der Waals surface area contributed by atoms with E-state index in [1.165, 1.54) is 31.5 Å². The highest BCUT2D eigenvalue weighted by atomic mass is 15.3. The summed E-state index contributed by atoms with van der Waals surface area (Å²) in [5.74, 6) is 2.76. The fourth-order valence-corrected chi connectivity index (χ4v) is 3.29. The molecule has 0 aliphatic heterocycles. The van der Waals surface area contributed by atoms with Crippen molar-refractivity contribution in [1.82, 2.24) is 20.1 Å². The van der Waals surface area contributed by atoms with E-state index >= 15 is 0 Å². The molecule has 2 rings (SSSR count). The molecule has 0 aromatic carbocycles. The van der Waals surface area contributed by atoms with Gasteiger partial charge in [0.2, 0.25) is 0 Å². The van der Waals surface area contributed by atoms with Crippen LogP contribution in [-0.4, -0.2) is 27.4 Å². The van der Waals surface area contributed by atoms with Gasteiger partial charge in [-0.05, 0) is 37.6 Å². The smallest absolute Gasteiger partial charge is 0.138 e. The molecule has 1 fully saturated rings. The Labute approximate surface area is 123 Å². The number of hydrogen-bond acceptors (Lipinski definition) is 3. The highest BCUT2D eigenvalue weighted by molar-refractivity contribution is 4.91. The minimum absolute atomic E-state index is 0.585. The lowest BCUT2D eigenvalue weighted by atomic mass is 9.77. The summed E-state index contributed by atoms with van der Waals surface area (Å²) in [7, 11) is 0. The van der Waals surface area contributed by atoms with Gasteiger partial charge in [0.15, 0.2) is 0 Å². The van der Waals surface area contributed by atoms with Crippen LogP contribution in [0.25, 0.3) is 0 Å². The number of nitrogens with one attached hydrogen (secondary N) is 1. The van der Waals surface area contributed by atoms with Crippen molar-refractivity contribution in [1.29, 1.82) is 0 Å². The Morgan fingerprint density at radius 2 is 2.05 bits per heavy atom. The van der Waals surface area contributed by atoms with Crippen molar-refractivity contribution in [3.63, 3.8) is 0 Å². The van der Waals surface area contributed by atoms with Gasteiger partial charge in [-0.3, -0.25) is 4.68 Å². The van der Waals surface area contributed by atoms with Gasteiger partial charge in [0, 0.05) is 19.0 Å². The molecule has 0 amide bonds. The Balaban J connectivity index is 1.95. The zero-order valence-electron chi connectivity index (χ0n) is 13.3. The standard InChI is InChI=1S/C16H30N4/c1-4-9-20-16(18-12-19-20)10-14-7-5-6-8-15(14)11-17-13(2)3/h12-15,17H,4-11H2,1-3H3. The van der Waals surface area contributed by atoms with Crippen LogP contribution < -0.4 is 5.32 Å². The summed E-state index contributed by atoms with van der Waals surface area (Å²) in [5, 5.41) is 7.98. The molecule has 1 aliphatic rings. The Bertz CT molecular complexity index is 386. The van der Waals surface area contributed by atoms with Gasteiger partial charge in [-0.25, -0.2) is 4.98 Å². The molecule has 1 aliphatic carbocycles. The minimum atomic E-state index is 0.585. The Kier molecular flexibility index (Phi) is 6.02. The van der Waals surface area contributed by atoms with Gasteiger partial charge in [-0.2, -0.15) is 5.10 Å². The molecule has 4 heteroatoms. The van der Waals surface area contributed by atoms with E-state index in [9.17, 15) is 0 Å². The van der Waals surface area contributed by atoms with Crippen LogP contribution in [-0.2, 0) is 13.0 Å². The zero-order valence-corrected chi connectivity index (χ0v) is 13.3. The van der Waals surface area contributed by atoms with Crippen molar-refractivity contribution in [2.45, 2.75) is 71.9 Å². The summed E-state index contributed by atoms with van der Waals surface area (Å²) in [6.07, 6.45) is 9.43. The Morgan fingerprint density at radius 1 is 1.30 bits per heavy atom. The third-order valence-electron chi connectivity index (χ3n) is 4.43. The normalized spacial score (nSPS) is 23.4. The van der Waals surface area contributed by atoms with Crippen LogP contribution in [0.1, 0.15) is 58.7 Å². The number of aromatic nitrogens is 3. The Morgan fingerprint density at radius 3 is 2.75 bits per heavy atom. The van der Waals surface area contributed by atoms with Crippen molar-refractivity contribution in [2.24, 2.45) is 11.8 Å².